The maximum absolute atomic E-state index is 12.5. The second-order valence-corrected chi connectivity index (χ2v) is 4.77. The summed E-state index contributed by atoms with van der Waals surface area (Å²) in [4.78, 5) is 28.5. The van der Waals surface area contributed by atoms with Crippen LogP contribution in [0, 0.1) is 0 Å². The minimum atomic E-state index is -0.663. The number of aromatic nitrogens is 1. The first-order valence-electron chi connectivity index (χ1n) is 6.72. The lowest BCUT2D eigenvalue weighted by molar-refractivity contribution is -0.137. The Bertz CT molecular complexity index is 711. The van der Waals surface area contributed by atoms with E-state index in [9.17, 15) is 9.59 Å². The smallest absolute Gasteiger partial charge is 0.342 e. The summed E-state index contributed by atoms with van der Waals surface area (Å²) >= 11 is 5.82. The summed E-state index contributed by atoms with van der Waals surface area (Å²) in [5.74, 6) is -1.06. The normalized spacial score (nSPS) is 11.1. The number of halogens is 1. The molecule has 0 amide bonds. The average Bonchev–Trinajstić information content (AvgIpc) is 2.53. The zero-order valence-corrected chi connectivity index (χ0v) is 12.7. The molecule has 0 N–H and O–H groups in total. The number of carbonyl (C=O) groups is 2. The van der Waals surface area contributed by atoms with E-state index < -0.39 is 11.8 Å². The first kappa shape index (κ1) is 15.9. The predicted octanol–water partition coefficient (Wildman–Crippen LogP) is 3.56. The number of carbonyl (C=O) groups excluding carboxylic acids is 2. The maximum Gasteiger partial charge on any atom is 0.342 e. The molecule has 0 spiro atoms. The van der Waals surface area contributed by atoms with E-state index in [-0.39, 0.29) is 17.3 Å². The third kappa shape index (κ3) is 4.02. The van der Waals surface area contributed by atoms with E-state index in [1.165, 1.54) is 12.3 Å². The third-order valence-electron chi connectivity index (χ3n) is 2.84. The Morgan fingerprint density at radius 1 is 1.23 bits per heavy atom. The van der Waals surface area contributed by atoms with E-state index in [1.54, 1.807) is 49.4 Å². The molecule has 4 nitrogen and oxygen atoms in total. The number of ether oxygens (including phenoxy) is 1. The van der Waals surface area contributed by atoms with Crippen molar-refractivity contribution in [2.45, 2.75) is 6.92 Å². The fourth-order valence-electron chi connectivity index (χ4n) is 1.84. The van der Waals surface area contributed by atoms with Crippen LogP contribution in [-0.2, 0) is 9.53 Å². The van der Waals surface area contributed by atoms with Crippen molar-refractivity contribution in [3.8, 4) is 0 Å². The van der Waals surface area contributed by atoms with Gasteiger partial charge in [-0.15, -0.1) is 0 Å². The van der Waals surface area contributed by atoms with Crippen LogP contribution in [0.5, 0.6) is 0 Å². The van der Waals surface area contributed by atoms with Crippen LogP contribution in [0.15, 0.2) is 54.2 Å². The van der Waals surface area contributed by atoms with Crippen molar-refractivity contribution in [3.05, 3.63) is 70.5 Å². The molecule has 0 bridgehead atoms. The quantitative estimate of drug-likeness (QED) is 0.211. The number of esters is 1. The first-order chi connectivity index (χ1) is 10.6. The number of benzene rings is 1. The number of pyridine rings is 1. The second kappa shape index (κ2) is 7.52. The van der Waals surface area contributed by atoms with Crippen LogP contribution in [-0.4, -0.2) is 23.3 Å². The van der Waals surface area contributed by atoms with E-state index in [0.29, 0.717) is 11.1 Å². The van der Waals surface area contributed by atoms with Crippen LogP contribution in [0.25, 0.3) is 6.08 Å². The highest BCUT2D eigenvalue weighted by Crippen LogP contribution is 2.16. The second-order valence-electron chi connectivity index (χ2n) is 4.39. The highest BCUT2D eigenvalue weighted by Gasteiger charge is 2.21. The molecule has 0 radical (unpaired) electrons. The van der Waals surface area contributed by atoms with E-state index in [0.717, 1.165) is 0 Å². The van der Waals surface area contributed by atoms with Gasteiger partial charge in [0, 0.05) is 11.8 Å². The molecule has 0 unspecified atom stereocenters. The summed E-state index contributed by atoms with van der Waals surface area (Å²) in [6.07, 6.45) is 2.96. The number of ketones is 1. The Morgan fingerprint density at radius 3 is 2.59 bits per heavy atom. The van der Waals surface area contributed by atoms with Crippen molar-refractivity contribution in [3.63, 3.8) is 0 Å². The minimum absolute atomic E-state index is 0.0460. The number of hydrogen-bond donors (Lipinski definition) is 0. The molecule has 0 aliphatic rings. The zero-order chi connectivity index (χ0) is 15.9. The molecule has 2 aromatic rings. The van der Waals surface area contributed by atoms with Gasteiger partial charge in [0.05, 0.1) is 6.61 Å². The molecule has 0 saturated carbocycles. The largest absolute Gasteiger partial charge is 0.462 e. The number of nitrogens with zero attached hydrogens (tertiary/aromatic N) is 1. The van der Waals surface area contributed by atoms with Crippen molar-refractivity contribution < 1.29 is 14.3 Å². The standard InChI is InChI=1S/C17H14ClNO3/c1-2-22-17(21)14(10-12-8-9-19-15(18)11-12)16(20)13-6-4-3-5-7-13/h3-11H,2H2,1H3. The Morgan fingerprint density at radius 2 is 1.95 bits per heavy atom. The van der Waals surface area contributed by atoms with Gasteiger partial charge < -0.3 is 4.74 Å². The number of Topliss-reactive ketones (excluding diaryl/α,β-unsaturated/α-hetero) is 1. The molecule has 1 heterocycles. The van der Waals surface area contributed by atoms with Crippen LogP contribution >= 0.6 is 11.6 Å². The molecule has 0 aliphatic heterocycles. The van der Waals surface area contributed by atoms with Gasteiger partial charge in [-0.3, -0.25) is 4.79 Å². The SMILES string of the molecule is CCOC(=O)C(=Cc1ccnc(Cl)c1)C(=O)c1ccccc1. The number of rotatable bonds is 5. The minimum Gasteiger partial charge on any atom is -0.462 e. The average molecular weight is 316 g/mol. The molecule has 112 valence electrons. The summed E-state index contributed by atoms with van der Waals surface area (Å²) in [7, 11) is 0. The van der Waals surface area contributed by atoms with Crippen LogP contribution in [0.4, 0.5) is 0 Å². The molecule has 0 aliphatic carbocycles. The van der Waals surface area contributed by atoms with Gasteiger partial charge in [-0.1, -0.05) is 41.9 Å². The van der Waals surface area contributed by atoms with Crippen molar-refractivity contribution in [1.82, 2.24) is 4.98 Å². The molecular formula is C17H14ClNO3. The Hall–Kier alpha value is -2.46. The van der Waals surface area contributed by atoms with Gasteiger partial charge in [0.25, 0.3) is 0 Å². The molecule has 2 rings (SSSR count). The summed E-state index contributed by atoms with van der Waals surface area (Å²) in [6, 6.07) is 11.8. The summed E-state index contributed by atoms with van der Waals surface area (Å²) in [6.45, 7) is 1.88. The van der Waals surface area contributed by atoms with E-state index in [4.69, 9.17) is 16.3 Å². The van der Waals surface area contributed by atoms with Crippen LogP contribution in [0.3, 0.4) is 0 Å². The highest BCUT2D eigenvalue weighted by molar-refractivity contribution is 6.30. The van der Waals surface area contributed by atoms with Gasteiger partial charge in [-0.2, -0.15) is 0 Å². The van der Waals surface area contributed by atoms with Crippen LogP contribution < -0.4 is 0 Å². The topological polar surface area (TPSA) is 56.3 Å². The highest BCUT2D eigenvalue weighted by atomic mass is 35.5. The summed E-state index contributed by atoms with van der Waals surface area (Å²) in [5, 5.41) is 0.282. The lowest BCUT2D eigenvalue weighted by atomic mass is 10.0. The van der Waals surface area contributed by atoms with E-state index in [2.05, 4.69) is 4.98 Å². The van der Waals surface area contributed by atoms with Gasteiger partial charge >= 0.3 is 5.97 Å². The molecule has 1 aromatic carbocycles. The van der Waals surface area contributed by atoms with Gasteiger partial charge in [-0.25, -0.2) is 9.78 Å². The van der Waals surface area contributed by atoms with Crippen LogP contribution in [0.1, 0.15) is 22.8 Å². The first-order valence-corrected chi connectivity index (χ1v) is 7.09. The molecule has 0 atom stereocenters. The van der Waals surface area contributed by atoms with Gasteiger partial charge in [0.1, 0.15) is 10.7 Å². The van der Waals surface area contributed by atoms with E-state index >= 15 is 0 Å². The molecular weight excluding hydrogens is 302 g/mol. The van der Waals surface area contributed by atoms with Crippen molar-refractivity contribution >= 4 is 29.4 Å². The Balaban J connectivity index is 2.43. The molecule has 0 saturated heterocycles. The van der Waals surface area contributed by atoms with Crippen molar-refractivity contribution in [2.75, 3.05) is 6.61 Å². The monoisotopic (exact) mass is 315 g/mol. The van der Waals surface area contributed by atoms with Gasteiger partial charge in [0.2, 0.25) is 0 Å². The predicted molar refractivity (Wildman–Crippen MR) is 84.6 cm³/mol. The fraction of sp³-hybridized carbons (Fsp3) is 0.118. The molecule has 0 fully saturated rings. The van der Waals surface area contributed by atoms with Gasteiger partial charge in [0.15, 0.2) is 5.78 Å². The van der Waals surface area contributed by atoms with E-state index in [1.807, 2.05) is 0 Å². The Kier molecular flexibility index (Phi) is 5.44. The lowest BCUT2D eigenvalue weighted by Gasteiger charge is -2.07. The third-order valence-corrected chi connectivity index (χ3v) is 3.04. The maximum atomic E-state index is 12.5. The van der Waals surface area contributed by atoms with Crippen molar-refractivity contribution in [2.24, 2.45) is 0 Å². The molecule has 1 aromatic heterocycles. The summed E-state index contributed by atoms with van der Waals surface area (Å²) in [5.41, 5.74) is 0.976. The Labute approximate surface area is 133 Å². The van der Waals surface area contributed by atoms with Crippen LogP contribution in [0.2, 0.25) is 5.15 Å². The lowest BCUT2D eigenvalue weighted by Crippen LogP contribution is -2.16. The molecule has 22 heavy (non-hydrogen) atoms. The zero-order valence-electron chi connectivity index (χ0n) is 12.0. The number of hydrogen-bond acceptors (Lipinski definition) is 4. The summed E-state index contributed by atoms with van der Waals surface area (Å²) < 4.78 is 4.97. The van der Waals surface area contributed by atoms with Crippen molar-refractivity contribution in [1.29, 1.82) is 0 Å². The molecule has 5 heteroatoms. The van der Waals surface area contributed by atoms with Gasteiger partial charge in [-0.05, 0) is 30.7 Å². The fourth-order valence-corrected chi connectivity index (χ4v) is 2.03.